The first-order valence-corrected chi connectivity index (χ1v) is 14.5. The summed E-state index contributed by atoms with van der Waals surface area (Å²) in [6.07, 6.45) is 3.85. The Morgan fingerprint density at radius 2 is 1.69 bits per heavy atom. The number of aromatic nitrogens is 1. The number of piperidine rings is 1. The van der Waals surface area contributed by atoms with Crippen molar-refractivity contribution in [2.24, 2.45) is 0 Å². The van der Waals surface area contributed by atoms with Gasteiger partial charge in [-0.15, -0.1) is 11.3 Å². The summed E-state index contributed by atoms with van der Waals surface area (Å²) < 4.78 is 0. The first kappa shape index (κ1) is 27.0. The van der Waals surface area contributed by atoms with Crippen LogP contribution in [0.3, 0.4) is 0 Å². The van der Waals surface area contributed by atoms with E-state index in [1.807, 2.05) is 25.1 Å². The average molecular weight is 546 g/mol. The summed E-state index contributed by atoms with van der Waals surface area (Å²) in [6, 6.07) is 18.1. The fraction of sp³-hybridized carbons (Fsp3) is 0.400. The molecule has 3 aromatic rings. The predicted octanol–water partition coefficient (Wildman–Crippen LogP) is 4.02. The first-order valence-electron chi connectivity index (χ1n) is 13.6. The van der Waals surface area contributed by atoms with Gasteiger partial charge in [-0.1, -0.05) is 48.0 Å². The number of amides is 3. The third-order valence-electron chi connectivity index (χ3n) is 7.20. The van der Waals surface area contributed by atoms with E-state index in [1.54, 1.807) is 22.4 Å². The molecule has 1 saturated carbocycles. The van der Waals surface area contributed by atoms with Crippen LogP contribution in [-0.2, 0) is 22.6 Å². The Labute approximate surface area is 233 Å². The molecule has 0 spiro atoms. The molecule has 5 rings (SSSR count). The molecule has 0 radical (unpaired) electrons. The largest absolute Gasteiger partial charge is 0.353 e. The number of nitrogens with zero attached hydrogens (tertiary/aromatic N) is 3. The fourth-order valence-electron chi connectivity index (χ4n) is 4.89. The Morgan fingerprint density at radius 1 is 0.974 bits per heavy atom. The quantitative estimate of drug-likeness (QED) is 0.401. The van der Waals surface area contributed by atoms with Gasteiger partial charge in [-0.2, -0.15) is 0 Å². The van der Waals surface area contributed by atoms with E-state index in [2.05, 4.69) is 44.8 Å². The molecule has 0 atom stereocenters. The maximum Gasteiger partial charge on any atom is 0.254 e. The second-order valence-corrected chi connectivity index (χ2v) is 11.4. The second-order valence-electron chi connectivity index (χ2n) is 10.5. The Balaban J connectivity index is 1.06. The normalized spacial score (nSPS) is 16.0. The lowest BCUT2D eigenvalue weighted by molar-refractivity contribution is -0.121. The summed E-state index contributed by atoms with van der Waals surface area (Å²) in [5.74, 6) is -0.465. The highest BCUT2D eigenvalue weighted by molar-refractivity contribution is 7.13. The van der Waals surface area contributed by atoms with Gasteiger partial charge in [0, 0.05) is 42.7 Å². The minimum atomic E-state index is -0.282. The molecular formula is C30H35N5O3S. The molecule has 3 amide bonds. The van der Waals surface area contributed by atoms with Gasteiger partial charge in [0.1, 0.15) is 6.54 Å². The van der Waals surface area contributed by atoms with Crippen LogP contribution in [0.5, 0.6) is 0 Å². The van der Waals surface area contributed by atoms with Crippen molar-refractivity contribution in [1.29, 1.82) is 0 Å². The molecular weight excluding hydrogens is 510 g/mol. The van der Waals surface area contributed by atoms with Crippen LogP contribution >= 0.6 is 11.3 Å². The van der Waals surface area contributed by atoms with E-state index in [4.69, 9.17) is 0 Å². The maximum atomic E-state index is 13.0. The lowest BCUT2D eigenvalue weighted by atomic mass is 10.0. The summed E-state index contributed by atoms with van der Waals surface area (Å²) in [4.78, 5) is 46.9. The summed E-state index contributed by atoms with van der Waals surface area (Å²) >= 11 is 1.29. The lowest BCUT2D eigenvalue weighted by Gasteiger charge is -2.32. The molecule has 1 aliphatic carbocycles. The summed E-state index contributed by atoms with van der Waals surface area (Å²) in [5.41, 5.74) is 3.61. The summed E-state index contributed by atoms with van der Waals surface area (Å²) in [6.45, 7) is 4.81. The zero-order chi connectivity index (χ0) is 27.2. The van der Waals surface area contributed by atoms with Crippen molar-refractivity contribution in [2.75, 3.05) is 25.0 Å². The lowest BCUT2D eigenvalue weighted by Crippen LogP contribution is -2.44. The van der Waals surface area contributed by atoms with Gasteiger partial charge < -0.3 is 15.5 Å². The molecule has 2 aromatic carbocycles. The van der Waals surface area contributed by atoms with Crippen LogP contribution in [0.25, 0.3) is 0 Å². The molecule has 8 nitrogen and oxygen atoms in total. The van der Waals surface area contributed by atoms with E-state index in [9.17, 15) is 14.4 Å². The molecule has 1 aromatic heterocycles. The van der Waals surface area contributed by atoms with Gasteiger partial charge in [0.15, 0.2) is 5.13 Å². The van der Waals surface area contributed by atoms with Crippen LogP contribution in [0.15, 0.2) is 60.0 Å². The maximum absolute atomic E-state index is 13.0. The molecule has 0 unspecified atom stereocenters. The van der Waals surface area contributed by atoms with Gasteiger partial charge in [0.05, 0.1) is 12.1 Å². The molecule has 2 N–H and O–H groups in total. The highest BCUT2D eigenvalue weighted by atomic mass is 32.1. The highest BCUT2D eigenvalue weighted by Gasteiger charge is 2.34. The summed E-state index contributed by atoms with van der Waals surface area (Å²) in [5, 5.41) is 8.19. The smallest absolute Gasteiger partial charge is 0.254 e. The van der Waals surface area contributed by atoms with Crippen molar-refractivity contribution in [3.8, 4) is 0 Å². The molecule has 1 saturated heterocycles. The Morgan fingerprint density at radius 3 is 2.38 bits per heavy atom. The van der Waals surface area contributed by atoms with Gasteiger partial charge in [-0.25, -0.2) is 4.98 Å². The van der Waals surface area contributed by atoms with E-state index in [1.165, 1.54) is 16.9 Å². The number of anilines is 1. The molecule has 1 aliphatic heterocycles. The molecule has 39 heavy (non-hydrogen) atoms. The SMILES string of the molecule is Cc1ccc(C(=O)N(CC(=O)Nc2nc(CC(=O)NC3CCN(Cc4ccccc4)CC3)cs2)C2CC2)cc1. The van der Waals surface area contributed by atoms with Crippen LogP contribution in [-0.4, -0.2) is 64.2 Å². The van der Waals surface area contributed by atoms with Crippen LogP contribution in [0.1, 0.15) is 52.9 Å². The molecule has 9 heteroatoms. The standard InChI is InChI=1S/C30H35N5O3S/c1-21-7-9-23(10-8-21)29(38)35(26-11-12-26)19-28(37)33-30-32-25(20-39-30)17-27(36)31-24-13-15-34(16-14-24)18-22-5-3-2-4-6-22/h2-10,20,24,26H,11-19H2,1H3,(H,31,36)(H,32,33,37). The Hall–Kier alpha value is -3.56. The second kappa shape index (κ2) is 12.5. The van der Waals surface area contributed by atoms with Gasteiger partial charge in [-0.05, 0) is 50.3 Å². The first-order chi connectivity index (χ1) is 18.9. The third-order valence-corrected chi connectivity index (χ3v) is 8.01. The van der Waals surface area contributed by atoms with Gasteiger partial charge in [0.2, 0.25) is 11.8 Å². The van der Waals surface area contributed by atoms with Crippen molar-refractivity contribution in [3.05, 3.63) is 82.4 Å². The van der Waals surface area contributed by atoms with E-state index in [-0.39, 0.29) is 42.8 Å². The molecule has 2 fully saturated rings. The highest BCUT2D eigenvalue weighted by Crippen LogP contribution is 2.28. The topological polar surface area (TPSA) is 94.6 Å². The summed E-state index contributed by atoms with van der Waals surface area (Å²) in [7, 11) is 0. The number of thiazole rings is 1. The fourth-order valence-corrected chi connectivity index (χ4v) is 5.62. The van der Waals surface area contributed by atoms with Crippen molar-refractivity contribution < 1.29 is 14.4 Å². The van der Waals surface area contributed by atoms with E-state index in [0.717, 1.165) is 50.9 Å². The zero-order valence-corrected chi connectivity index (χ0v) is 23.1. The Kier molecular flexibility index (Phi) is 8.68. The average Bonchev–Trinajstić information content (AvgIpc) is 3.69. The molecule has 2 heterocycles. The van der Waals surface area contributed by atoms with E-state index >= 15 is 0 Å². The van der Waals surface area contributed by atoms with Crippen LogP contribution in [0.4, 0.5) is 5.13 Å². The Bertz CT molecular complexity index is 1280. The third kappa shape index (κ3) is 7.74. The van der Waals surface area contributed by atoms with Gasteiger partial charge >= 0.3 is 0 Å². The van der Waals surface area contributed by atoms with Crippen LogP contribution in [0, 0.1) is 6.92 Å². The number of rotatable bonds is 10. The number of hydrogen-bond acceptors (Lipinski definition) is 6. The molecule has 2 aliphatic rings. The van der Waals surface area contributed by atoms with Crippen molar-refractivity contribution in [1.82, 2.24) is 20.1 Å². The van der Waals surface area contributed by atoms with Gasteiger partial charge in [0.25, 0.3) is 5.91 Å². The number of carbonyl (C=O) groups is 3. The zero-order valence-electron chi connectivity index (χ0n) is 22.3. The molecule has 204 valence electrons. The number of nitrogens with one attached hydrogen (secondary N) is 2. The molecule has 0 bridgehead atoms. The number of carbonyl (C=O) groups excluding carboxylic acids is 3. The minimum absolute atomic E-state index is 0.0181. The van der Waals surface area contributed by atoms with Crippen molar-refractivity contribution in [3.63, 3.8) is 0 Å². The van der Waals surface area contributed by atoms with Gasteiger partial charge in [-0.3, -0.25) is 19.3 Å². The van der Waals surface area contributed by atoms with E-state index in [0.29, 0.717) is 16.4 Å². The van der Waals surface area contributed by atoms with Crippen LogP contribution in [0.2, 0.25) is 0 Å². The monoisotopic (exact) mass is 545 g/mol. The number of likely N-dealkylation sites (tertiary alicyclic amines) is 1. The number of aryl methyl sites for hydroxylation is 1. The number of benzene rings is 2. The minimum Gasteiger partial charge on any atom is -0.353 e. The van der Waals surface area contributed by atoms with Crippen molar-refractivity contribution in [2.45, 2.75) is 57.7 Å². The predicted molar refractivity (Wildman–Crippen MR) is 153 cm³/mol. The number of hydrogen-bond donors (Lipinski definition) is 2. The van der Waals surface area contributed by atoms with Crippen LogP contribution < -0.4 is 10.6 Å². The van der Waals surface area contributed by atoms with Crippen molar-refractivity contribution >= 4 is 34.2 Å². The van der Waals surface area contributed by atoms with E-state index < -0.39 is 0 Å².